The molecule has 18 heavy (non-hydrogen) atoms. The van der Waals surface area contributed by atoms with E-state index >= 15 is 0 Å². The predicted molar refractivity (Wildman–Crippen MR) is 80.7 cm³/mol. The van der Waals surface area contributed by atoms with Crippen LogP contribution in [0.2, 0.25) is 0 Å². The molecule has 0 aliphatic carbocycles. The van der Waals surface area contributed by atoms with E-state index in [1.165, 1.54) is 44.4 Å². The van der Waals surface area contributed by atoms with Crippen LogP contribution in [-0.2, 0) is 5.41 Å². The maximum absolute atomic E-state index is 3.56. The molecule has 98 valence electrons. The highest BCUT2D eigenvalue weighted by Crippen LogP contribution is 2.38. The largest absolute Gasteiger partial charge is 0.358 e. The van der Waals surface area contributed by atoms with Gasteiger partial charge in [-0.3, -0.25) is 0 Å². The number of aromatic nitrogens is 1. The summed E-state index contributed by atoms with van der Waals surface area (Å²) in [6, 6.07) is 0. The minimum absolute atomic E-state index is 0.199. The van der Waals surface area contributed by atoms with Crippen molar-refractivity contribution in [2.45, 2.75) is 60.8 Å². The van der Waals surface area contributed by atoms with Gasteiger partial charge in [-0.1, -0.05) is 20.8 Å². The number of rotatable bonds is 0. The average Bonchev–Trinajstić information content (AvgIpc) is 2.51. The molecule has 1 aromatic heterocycles. The number of fused-ring (bicyclic) bond motifs is 1. The molecule has 2 aromatic rings. The number of nitrogens with one attached hydrogen (secondary N) is 1. The van der Waals surface area contributed by atoms with E-state index < -0.39 is 0 Å². The summed E-state index contributed by atoms with van der Waals surface area (Å²) in [4.78, 5) is 3.56. The maximum atomic E-state index is 3.56. The Morgan fingerprint density at radius 2 is 1.28 bits per heavy atom. The Labute approximate surface area is 111 Å². The van der Waals surface area contributed by atoms with Crippen LogP contribution in [0.5, 0.6) is 0 Å². The Kier molecular flexibility index (Phi) is 2.84. The lowest BCUT2D eigenvalue weighted by Gasteiger charge is -2.26. The Morgan fingerprint density at radius 1 is 0.722 bits per heavy atom. The van der Waals surface area contributed by atoms with E-state index in [0.29, 0.717) is 0 Å². The van der Waals surface area contributed by atoms with E-state index in [0.717, 1.165) is 0 Å². The van der Waals surface area contributed by atoms with Crippen LogP contribution in [-0.4, -0.2) is 4.98 Å². The van der Waals surface area contributed by atoms with Gasteiger partial charge < -0.3 is 4.98 Å². The van der Waals surface area contributed by atoms with Crippen molar-refractivity contribution in [3.05, 3.63) is 33.5 Å². The SMILES string of the molecule is Cc1[nH]c2c(C)c(C)c(C(C)(C)C)c(C)c2c1C. The van der Waals surface area contributed by atoms with E-state index in [1.807, 2.05) is 0 Å². The van der Waals surface area contributed by atoms with Gasteiger partial charge in [-0.15, -0.1) is 0 Å². The normalized spacial score (nSPS) is 12.4. The lowest BCUT2D eigenvalue weighted by Crippen LogP contribution is -2.16. The third-order valence-electron chi connectivity index (χ3n) is 4.31. The van der Waals surface area contributed by atoms with Gasteiger partial charge in [0.2, 0.25) is 0 Å². The van der Waals surface area contributed by atoms with Gasteiger partial charge >= 0.3 is 0 Å². The van der Waals surface area contributed by atoms with Gasteiger partial charge in [0.25, 0.3) is 0 Å². The number of hydrogen-bond acceptors (Lipinski definition) is 0. The minimum atomic E-state index is 0.199. The average molecular weight is 243 g/mol. The van der Waals surface area contributed by atoms with Crippen LogP contribution in [0.15, 0.2) is 0 Å². The third kappa shape index (κ3) is 1.68. The summed E-state index contributed by atoms with van der Waals surface area (Å²) >= 11 is 0. The lowest BCUT2D eigenvalue weighted by atomic mass is 9.78. The van der Waals surface area contributed by atoms with Crippen molar-refractivity contribution < 1.29 is 0 Å². The quantitative estimate of drug-likeness (QED) is 0.669. The standard InChI is InChI=1S/C17H25N/c1-9-10(2)16-14(11(3)13(5)18-16)12(4)15(9)17(6,7)8/h18H,1-8H3. The lowest BCUT2D eigenvalue weighted by molar-refractivity contribution is 0.582. The molecule has 0 bridgehead atoms. The first-order valence-electron chi connectivity index (χ1n) is 6.75. The van der Waals surface area contributed by atoms with Crippen molar-refractivity contribution in [1.29, 1.82) is 0 Å². The molecule has 1 heteroatoms. The van der Waals surface area contributed by atoms with Gasteiger partial charge in [-0.25, -0.2) is 0 Å². The number of H-pyrrole nitrogens is 1. The Balaban J connectivity index is 3.03. The number of hydrogen-bond donors (Lipinski definition) is 1. The topological polar surface area (TPSA) is 15.8 Å². The molecular formula is C17H25N. The van der Waals surface area contributed by atoms with E-state index in [2.05, 4.69) is 60.4 Å². The fourth-order valence-electron chi connectivity index (χ4n) is 3.38. The number of aryl methyl sites for hydroxylation is 4. The summed E-state index contributed by atoms with van der Waals surface area (Å²) in [6.45, 7) is 18.1. The van der Waals surface area contributed by atoms with Crippen LogP contribution in [0, 0.1) is 34.6 Å². The molecular weight excluding hydrogens is 218 g/mol. The summed E-state index contributed by atoms with van der Waals surface area (Å²) in [5.41, 5.74) is 10.0. The zero-order valence-electron chi connectivity index (χ0n) is 13.0. The molecule has 0 fully saturated rings. The summed E-state index contributed by atoms with van der Waals surface area (Å²) in [7, 11) is 0. The molecule has 0 aliphatic rings. The monoisotopic (exact) mass is 243 g/mol. The molecule has 1 aromatic carbocycles. The second-order valence-corrected chi connectivity index (χ2v) is 6.62. The molecule has 0 aliphatic heterocycles. The summed E-state index contributed by atoms with van der Waals surface area (Å²) < 4.78 is 0. The minimum Gasteiger partial charge on any atom is -0.358 e. The second kappa shape index (κ2) is 3.88. The summed E-state index contributed by atoms with van der Waals surface area (Å²) in [6.07, 6.45) is 0. The van der Waals surface area contributed by atoms with Crippen LogP contribution in [0.3, 0.4) is 0 Å². The Morgan fingerprint density at radius 3 is 1.78 bits per heavy atom. The zero-order chi connectivity index (χ0) is 13.8. The van der Waals surface area contributed by atoms with Crippen molar-refractivity contribution in [3.8, 4) is 0 Å². The Bertz CT molecular complexity index is 622. The van der Waals surface area contributed by atoms with Gasteiger partial charge in [0, 0.05) is 16.6 Å². The molecule has 1 nitrogen and oxygen atoms in total. The molecule has 1 N–H and O–H groups in total. The van der Waals surface area contributed by atoms with Crippen LogP contribution in [0.1, 0.15) is 54.3 Å². The first-order chi connectivity index (χ1) is 8.16. The fraction of sp³-hybridized carbons (Fsp3) is 0.529. The molecule has 1 heterocycles. The van der Waals surface area contributed by atoms with E-state index in [1.54, 1.807) is 0 Å². The molecule has 0 radical (unpaired) electrons. The molecule has 0 saturated heterocycles. The third-order valence-corrected chi connectivity index (χ3v) is 4.31. The van der Waals surface area contributed by atoms with Gasteiger partial charge in [0.1, 0.15) is 0 Å². The van der Waals surface area contributed by atoms with Crippen LogP contribution >= 0.6 is 0 Å². The van der Waals surface area contributed by atoms with Gasteiger partial charge in [0.05, 0.1) is 0 Å². The number of benzene rings is 1. The van der Waals surface area contributed by atoms with Crippen molar-refractivity contribution in [1.82, 2.24) is 4.98 Å². The van der Waals surface area contributed by atoms with Crippen molar-refractivity contribution in [3.63, 3.8) is 0 Å². The van der Waals surface area contributed by atoms with Crippen molar-refractivity contribution in [2.24, 2.45) is 0 Å². The predicted octanol–water partition coefficient (Wildman–Crippen LogP) is 5.01. The first-order valence-corrected chi connectivity index (χ1v) is 6.75. The van der Waals surface area contributed by atoms with Crippen molar-refractivity contribution >= 4 is 10.9 Å². The second-order valence-electron chi connectivity index (χ2n) is 6.62. The van der Waals surface area contributed by atoms with Gasteiger partial charge in [-0.05, 0) is 67.9 Å². The molecule has 2 rings (SSSR count). The van der Waals surface area contributed by atoms with E-state index in [4.69, 9.17) is 0 Å². The van der Waals surface area contributed by atoms with Gasteiger partial charge in [0.15, 0.2) is 0 Å². The Hall–Kier alpha value is -1.24. The van der Waals surface area contributed by atoms with Crippen LogP contribution < -0.4 is 0 Å². The highest BCUT2D eigenvalue weighted by atomic mass is 14.7. The van der Waals surface area contributed by atoms with E-state index in [-0.39, 0.29) is 5.41 Å². The first kappa shape index (κ1) is 13.2. The highest BCUT2D eigenvalue weighted by Gasteiger charge is 2.24. The highest BCUT2D eigenvalue weighted by molar-refractivity contribution is 5.92. The molecule has 0 saturated carbocycles. The molecule has 0 atom stereocenters. The summed E-state index contributed by atoms with van der Waals surface area (Å²) in [5.74, 6) is 0. The van der Waals surface area contributed by atoms with Crippen LogP contribution in [0.4, 0.5) is 0 Å². The number of aromatic amines is 1. The molecule has 0 amide bonds. The zero-order valence-corrected chi connectivity index (χ0v) is 13.0. The fourth-order valence-corrected chi connectivity index (χ4v) is 3.38. The smallest absolute Gasteiger partial charge is 0.0494 e. The van der Waals surface area contributed by atoms with Crippen LogP contribution in [0.25, 0.3) is 10.9 Å². The van der Waals surface area contributed by atoms with Crippen molar-refractivity contribution in [2.75, 3.05) is 0 Å². The maximum Gasteiger partial charge on any atom is 0.0494 e. The summed E-state index contributed by atoms with van der Waals surface area (Å²) in [5, 5.41) is 1.43. The van der Waals surface area contributed by atoms with E-state index in [9.17, 15) is 0 Å². The molecule has 0 spiro atoms. The molecule has 0 unspecified atom stereocenters. The van der Waals surface area contributed by atoms with Gasteiger partial charge in [-0.2, -0.15) is 0 Å².